The molecule has 2 aliphatic rings. The summed E-state index contributed by atoms with van der Waals surface area (Å²) in [4.78, 5) is 0. The molecule has 2 rings (SSSR count). The molecule has 1 N–H and O–H groups in total. The van der Waals surface area contributed by atoms with Gasteiger partial charge in [-0.2, -0.15) is 0 Å². The fourth-order valence-electron chi connectivity index (χ4n) is 3.15. The maximum atomic E-state index is 10.2. The van der Waals surface area contributed by atoms with Gasteiger partial charge in [0.15, 0.2) is 0 Å². The molecule has 2 aliphatic carbocycles. The first-order valence-electron chi connectivity index (χ1n) is 4.97. The molecule has 2 fully saturated rings. The zero-order valence-electron chi connectivity index (χ0n) is 7.34. The second-order valence-corrected chi connectivity index (χ2v) is 4.43. The predicted molar refractivity (Wildman–Crippen MR) is 45.3 cm³/mol. The molecule has 0 aromatic carbocycles. The van der Waals surface area contributed by atoms with Crippen molar-refractivity contribution in [3.05, 3.63) is 0 Å². The first-order chi connectivity index (χ1) is 5.24. The van der Waals surface area contributed by atoms with E-state index in [0.717, 1.165) is 25.2 Å². The summed E-state index contributed by atoms with van der Waals surface area (Å²) in [7, 11) is 0. The Hall–Kier alpha value is -0.0400. The van der Waals surface area contributed by atoms with E-state index in [9.17, 15) is 5.11 Å². The third-order valence-corrected chi connectivity index (χ3v) is 3.63. The monoisotopic (exact) mass is 154 g/mol. The largest absolute Gasteiger partial charge is 0.390 e. The fourth-order valence-corrected chi connectivity index (χ4v) is 3.15. The zero-order chi connectivity index (χ0) is 7.90. The highest BCUT2D eigenvalue weighted by molar-refractivity contribution is 5.00. The van der Waals surface area contributed by atoms with Crippen molar-refractivity contribution in [1.82, 2.24) is 0 Å². The van der Waals surface area contributed by atoms with Gasteiger partial charge in [-0.05, 0) is 43.9 Å². The van der Waals surface area contributed by atoms with Crippen LogP contribution in [0.4, 0.5) is 0 Å². The van der Waals surface area contributed by atoms with Crippen LogP contribution >= 0.6 is 0 Å². The summed E-state index contributed by atoms with van der Waals surface area (Å²) in [5.74, 6) is 1.53. The minimum atomic E-state index is -0.238. The van der Waals surface area contributed by atoms with E-state index in [0.29, 0.717) is 5.92 Å². The molecule has 2 bridgehead atoms. The lowest BCUT2D eigenvalue weighted by molar-refractivity contribution is -0.0210. The van der Waals surface area contributed by atoms with Gasteiger partial charge in [0.25, 0.3) is 0 Å². The van der Waals surface area contributed by atoms with Gasteiger partial charge in [0.05, 0.1) is 5.60 Å². The van der Waals surface area contributed by atoms with Gasteiger partial charge in [-0.1, -0.05) is 13.3 Å². The van der Waals surface area contributed by atoms with Crippen LogP contribution in [-0.2, 0) is 0 Å². The van der Waals surface area contributed by atoms with Crippen molar-refractivity contribution in [3.63, 3.8) is 0 Å². The van der Waals surface area contributed by atoms with Gasteiger partial charge in [-0.25, -0.2) is 0 Å². The van der Waals surface area contributed by atoms with Gasteiger partial charge in [-0.15, -0.1) is 0 Å². The minimum absolute atomic E-state index is 0.238. The van der Waals surface area contributed by atoms with Crippen LogP contribution in [0, 0.1) is 11.8 Å². The van der Waals surface area contributed by atoms with E-state index in [2.05, 4.69) is 6.92 Å². The molecule has 0 radical (unpaired) electrons. The van der Waals surface area contributed by atoms with E-state index < -0.39 is 0 Å². The molecule has 0 aliphatic heterocycles. The van der Waals surface area contributed by atoms with Crippen LogP contribution in [0.2, 0.25) is 0 Å². The Morgan fingerprint density at radius 2 is 2.27 bits per heavy atom. The Labute approximate surface area is 68.8 Å². The Balaban J connectivity index is 2.04. The van der Waals surface area contributed by atoms with Crippen molar-refractivity contribution >= 4 is 0 Å². The van der Waals surface area contributed by atoms with E-state index in [-0.39, 0.29) is 5.60 Å². The van der Waals surface area contributed by atoms with E-state index in [1.54, 1.807) is 0 Å². The molecule has 0 heterocycles. The van der Waals surface area contributed by atoms with Gasteiger partial charge < -0.3 is 5.11 Å². The third kappa shape index (κ3) is 1.10. The van der Waals surface area contributed by atoms with Crippen LogP contribution in [0.5, 0.6) is 0 Å². The summed E-state index contributed by atoms with van der Waals surface area (Å²) in [6, 6.07) is 0. The van der Waals surface area contributed by atoms with Crippen LogP contribution in [-0.4, -0.2) is 10.7 Å². The number of rotatable bonds is 2. The maximum absolute atomic E-state index is 10.2. The molecule has 0 aromatic heterocycles. The molecule has 0 spiro atoms. The van der Waals surface area contributed by atoms with Gasteiger partial charge in [0, 0.05) is 0 Å². The molecule has 0 amide bonds. The molecule has 0 aromatic rings. The number of hydrogen-bond donors (Lipinski definition) is 1. The first kappa shape index (κ1) is 7.60. The Bertz CT molecular complexity index is 155. The highest BCUT2D eigenvalue weighted by Gasteiger charge is 2.48. The molecule has 3 unspecified atom stereocenters. The molecule has 1 heteroatoms. The standard InChI is InChI=1S/C10H18O/c1-2-5-10(11)7-8-3-4-9(10)6-8/h8-9,11H,2-7H2,1H3. The van der Waals surface area contributed by atoms with Gasteiger partial charge in [0.1, 0.15) is 0 Å². The third-order valence-electron chi connectivity index (χ3n) is 3.63. The second kappa shape index (κ2) is 2.48. The number of aliphatic hydroxyl groups is 1. The molecule has 64 valence electrons. The lowest BCUT2D eigenvalue weighted by Crippen LogP contribution is -2.34. The molecular weight excluding hydrogens is 136 g/mol. The van der Waals surface area contributed by atoms with Crippen LogP contribution in [0.25, 0.3) is 0 Å². The summed E-state index contributed by atoms with van der Waals surface area (Å²) in [5.41, 5.74) is -0.238. The van der Waals surface area contributed by atoms with Crippen molar-refractivity contribution in [2.24, 2.45) is 11.8 Å². The van der Waals surface area contributed by atoms with E-state index in [1.165, 1.54) is 19.3 Å². The van der Waals surface area contributed by atoms with Gasteiger partial charge in [-0.3, -0.25) is 0 Å². The lowest BCUT2D eigenvalue weighted by Gasteiger charge is -2.32. The maximum Gasteiger partial charge on any atom is 0.0678 e. The molecular formula is C10H18O. The van der Waals surface area contributed by atoms with Crippen molar-refractivity contribution in [2.75, 3.05) is 0 Å². The summed E-state index contributed by atoms with van der Waals surface area (Å²) in [6.07, 6.45) is 7.27. The van der Waals surface area contributed by atoms with Gasteiger partial charge >= 0.3 is 0 Å². The normalized spacial score (nSPS) is 48.5. The second-order valence-electron chi connectivity index (χ2n) is 4.43. The predicted octanol–water partition coefficient (Wildman–Crippen LogP) is 2.34. The van der Waals surface area contributed by atoms with Crippen molar-refractivity contribution in [2.45, 2.75) is 51.0 Å². The topological polar surface area (TPSA) is 20.2 Å². The van der Waals surface area contributed by atoms with E-state index >= 15 is 0 Å². The molecule has 1 nitrogen and oxygen atoms in total. The van der Waals surface area contributed by atoms with Crippen molar-refractivity contribution in [1.29, 1.82) is 0 Å². The highest BCUT2D eigenvalue weighted by Crippen LogP contribution is 2.52. The summed E-state index contributed by atoms with van der Waals surface area (Å²) in [6.45, 7) is 2.17. The average Bonchev–Trinajstić information content (AvgIpc) is 2.45. The zero-order valence-corrected chi connectivity index (χ0v) is 7.34. The quantitative estimate of drug-likeness (QED) is 0.647. The molecule has 3 atom stereocenters. The first-order valence-corrected chi connectivity index (χ1v) is 4.97. The van der Waals surface area contributed by atoms with E-state index in [1.807, 2.05) is 0 Å². The summed E-state index contributed by atoms with van der Waals surface area (Å²) in [5, 5.41) is 10.2. The number of hydrogen-bond acceptors (Lipinski definition) is 1. The smallest absolute Gasteiger partial charge is 0.0678 e. The Kier molecular flexibility index (Phi) is 1.71. The highest BCUT2D eigenvalue weighted by atomic mass is 16.3. The molecule has 11 heavy (non-hydrogen) atoms. The van der Waals surface area contributed by atoms with Crippen LogP contribution in [0.15, 0.2) is 0 Å². The average molecular weight is 154 g/mol. The van der Waals surface area contributed by atoms with E-state index in [4.69, 9.17) is 0 Å². The van der Waals surface area contributed by atoms with Crippen molar-refractivity contribution < 1.29 is 5.11 Å². The summed E-state index contributed by atoms with van der Waals surface area (Å²) >= 11 is 0. The SMILES string of the molecule is CCCC1(O)CC2CCC1C2. The Morgan fingerprint density at radius 3 is 2.73 bits per heavy atom. The lowest BCUT2D eigenvalue weighted by atomic mass is 9.81. The van der Waals surface area contributed by atoms with Crippen LogP contribution < -0.4 is 0 Å². The minimum Gasteiger partial charge on any atom is -0.390 e. The van der Waals surface area contributed by atoms with Gasteiger partial charge in [0.2, 0.25) is 0 Å². The Morgan fingerprint density at radius 1 is 1.45 bits per heavy atom. The van der Waals surface area contributed by atoms with Crippen molar-refractivity contribution in [3.8, 4) is 0 Å². The molecule has 2 saturated carbocycles. The molecule has 0 saturated heterocycles. The van der Waals surface area contributed by atoms with Crippen LogP contribution in [0.1, 0.15) is 45.4 Å². The fraction of sp³-hybridized carbons (Fsp3) is 1.00. The number of fused-ring (bicyclic) bond motifs is 2. The summed E-state index contributed by atoms with van der Waals surface area (Å²) < 4.78 is 0. The van der Waals surface area contributed by atoms with Crippen LogP contribution in [0.3, 0.4) is 0 Å².